The molecule has 2 aliphatic rings. The van der Waals surface area contributed by atoms with Crippen LogP contribution in [0.5, 0.6) is 0 Å². The zero-order chi connectivity index (χ0) is 28.4. The van der Waals surface area contributed by atoms with E-state index < -0.39 is 23.7 Å². The number of carbonyl (C=O) groups is 3. The van der Waals surface area contributed by atoms with Gasteiger partial charge in [0.15, 0.2) is 0 Å². The molecule has 3 heterocycles. The van der Waals surface area contributed by atoms with E-state index in [9.17, 15) is 27.6 Å². The number of amides is 1. The molecule has 212 valence electrons. The zero-order valence-corrected chi connectivity index (χ0v) is 22.7. The van der Waals surface area contributed by atoms with Gasteiger partial charge in [-0.2, -0.15) is 13.2 Å². The highest BCUT2D eigenvalue weighted by atomic mass is 32.2. The number of alkyl halides is 3. The van der Waals surface area contributed by atoms with Crippen LogP contribution in [-0.2, 0) is 15.8 Å². The molecule has 2 N–H and O–H groups in total. The van der Waals surface area contributed by atoms with Crippen LogP contribution in [0.3, 0.4) is 0 Å². The van der Waals surface area contributed by atoms with E-state index in [4.69, 9.17) is 10.2 Å². The number of halogens is 3. The average Bonchev–Trinajstić information content (AvgIpc) is 3.32. The smallest absolute Gasteiger partial charge is 0.416 e. The van der Waals surface area contributed by atoms with Crippen LogP contribution in [0.25, 0.3) is 0 Å². The zero-order valence-electron chi connectivity index (χ0n) is 21.1. The van der Waals surface area contributed by atoms with Crippen LogP contribution in [0.15, 0.2) is 52.1 Å². The van der Waals surface area contributed by atoms with Crippen molar-refractivity contribution in [2.75, 3.05) is 56.5 Å². The molecular weight excluding hydrogens is 555 g/mol. The SMILES string of the molecule is O=C(O)/C=C/C(=O)O.O=C1c2ccsc2SCCN1CCCCN1CCN(c2cccc(C(F)(F)F)c2)CC1. The number of carboxylic acid groups (broad SMARTS) is 2. The minimum Gasteiger partial charge on any atom is -0.478 e. The first-order chi connectivity index (χ1) is 18.5. The monoisotopic (exact) mass is 585 g/mol. The van der Waals surface area contributed by atoms with Crippen molar-refractivity contribution >= 4 is 46.6 Å². The molecule has 0 atom stereocenters. The van der Waals surface area contributed by atoms with Gasteiger partial charge < -0.3 is 20.0 Å². The number of rotatable bonds is 8. The second-order valence-corrected chi connectivity index (χ2v) is 11.1. The lowest BCUT2D eigenvalue weighted by atomic mass is 10.1. The maximum Gasteiger partial charge on any atom is 0.416 e. The summed E-state index contributed by atoms with van der Waals surface area (Å²) in [6.45, 7) is 5.66. The standard InChI is InChI=1S/C22H26F3N3OS2.C4H4O4/c23-22(24,25)17-4-3-5-18(16-17)27-11-9-26(10-12-27)7-1-2-8-28-13-15-31-21-19(20(28)29)6-14-30-21;5-3(6)1-2-4(7)8/h3-6,14,16H,1-2,7-13,15H2;1-2H,(H,5,6)(H,7,8)/b;2-1+. The Hall–Kier alpha value is -3.03. The first-order valence-corrected chi connectivity index (χ1v) is 14.2. The highest BCUT2D eigenvalue weighted by molar-refractivity contribution is 8.01. The molecule has 39 heavy (non-hydrogen) atoms. The van der Waals surface area contributed by atoms with Crippen LogP contribution in [0, 0.1) is 0 Å². The molecule has 13 heteroatoms. The molecule has 0 spiro atoms. The topological polar surface area (TPSA) is 101 Å². The van der Waals surface area contributed by atoms with E-state index in [0.29, 0.717) is 17.8 Å². The van der Waals surface area contributed by atoms with Gasteiger partial charge in [-0.25, -0.2) is 9.59 Å². The van der Waals surface area contributed by atoms with E-state index in [1.54, 1.807) is 29.2 Å². The van der Waals surface area contributed by atoms with Gasteiger partial charge >= 0.3 is 18.1 Å². The molecule has 0 radical (unpaired) electrons. The quantitative estimate of drug-likeness (QED) is 0.342. The lowest BCUT2D eigenvalue weighted by Gasteiger charge is -2.36. The van der Waals surface area contributed by atoms with Crippen molar-refractivity contribution in [1.29, 1.82) is 0 Å². The number of unbranched alkanes of at least 4 members (excludes halogenated alkanes) is 1. The minimum atomic E-state index is -4.31. The van der Waals surface area contributed by atoms with Crippen LogP contribution in [0.1, 0.15) is 28.8 Å². The van der Waals surface area contributed by atoms with Gasteiger partial charge in [-0.1, -0.05) is 6.07 Å². The van der Waals surface area contributed by atoms with E-state index in [-0.39, 0.29) is 5.91 Å². The predicted octanol–water partition coefficient (Wildman–Crippen LogP) is 4.63. The molecule has 0 aliphatic carbocycles. The Morgan fingerprint density at radius 2 is 1.62 bits per heavy atom. The summed E-state index contributed by atoms with van der Waals surface area (Å²) in [5, 5.41) is 17.6. The first-order valence-electron chi connectivity index (χ1n) is 12.3. The largest absolute Gasteiger partial charge is 0.478 e. The van der Waals surface area contributed by atoms with Crippen molar-refractivity contribution in [3.63, 3.8) is 0 Å². The third kappa shape index (κ3) is 9.59. The molecule has 0 bridgehead atoms. The number of hydrogen-bond acceptors (Lipinski definition) is 7. The predicted molar refractivity (Wildman–Crippen MR) is 145 cm³/mol. The van der Waals surface area contributed by atoms with Gasteiger partial charge in [0.2, 0.25) is 0 Å². The van der Waals surface area contributed by atoms with E-state index in [1.807, 2.05) is 21.2 Å². The molecule has 1 amide bonds. The molecule has 8 nitrogen and oxygen atoms in total. The van der Waals surface area contributed by atoms with Gasteiger partial charge in [-0.05, 0) is 49.0 Å². The number of hydrogen-bond donors (Lipinski definition) is 2. The molecule has 1 fully saturated rings. The lowest BCUT2D eigenvalue weighted by Crippen LogP contribution is -2.46. The number of carboxylic acids is 2. The normalized spacial score (nSPS) is 16.4. The summed E-state index contributed by atoms with van der Waals surface area (Å²) in [5.74, 6) is -1.42. The van der Waals surface area contributed by atoms with Crippen molar-refractivity contribution < 1.29 is 37.8 Å². The fourth-order valence-corrected chi connectivity index (χ4v) is 6.30. The number of nitrogens with zero attached hydrogens (tertiary/aromatic N) is 3. The van der Waals surface area contributed by atoms with Crippen molar-refractivity contribution in [2.24, 2.45) is 0 Å². The van der Waals surface area contributed by atoms with Gasteiger partial charge in [0.05, 0.1) is 15.3 Å². The van der Waals surface area contributed by atoms with E-state index in [0.717, 1.165) is 80.2 Å². The third-order valence-electron chi connectivity index (χ3n) is 6.17. The summed E-state index contributed by atoms with van der Waals surface area (Å²) in [5.41, 5.74) is 0.890. The van der Waals surface area contributed by atoms with Crippen LogP contribution < -0.4 is 4.90 Å². The molecule has 0 saturated carbocycles. The Labute approximate surface area is 232 Å². The van der Waals surface area contributed by atoms with Gasteiger partial charge in [-0.15, -0.1) is 23.1 Å². The molecular formula is C26H30F3N3O5S2. The van der Waals surface area contributed by atoms with E-state index in [2.05, 4.69) is 4.90 Å². The summed E-state index contributed by atoms with van der Waals surface area (Å²) in [4.78, 5) is 38.1. The molecule has 2 aromatic rings. The summed E-state index contributed by atoms with van der Waals surface area (Å²) in [7, 11) is 0. The Bertz CT molecular complexity index is 1150. The molecule has 4 rings (SSSR count). The Kier molecular flexibility index (Phi) is 11.3. The highest BCUT2D eigenvalue weighted by Gasteiger charge is 2.31. The van der Waals surface area contributed by atoms with Crippen LogP contribution in [0.4, 0.5) is 18.9 Å². The highest BCUT2D eigenvalue weighted by Crippen LogP contribution is 2.33. The molecule has 1 saturated heterocycles. The number of piperazine rings is 1. The maximum absolute atomic E-state index is 13.0. The average molecular weight is 586 g/mol. The molecule has 1 aromatic heterocycles. The summed E-state index contributed by atoms with van der Waals surface area (Å²) >= 11 is 3.41. The van der Waals surface area contributed by atoms with E-state index in [1.165, 1.54) is 12.1 Å². The van der Waals surface area contributed by atoms with Crippen LogP contribution in [0.2, 0.25) is 0 Å². The number of fused-ring (bicyclic) bond motifs is 1. The summed E-state index contributed by atoms with van der Waals surface area (Å²) < 4.78 is 40.0. The van der Waals surface area contributed by atoms with Gasteiger partial charge in [0.25, 0.3) is 5.91 Å². The van der Waals surface area contributed by atoms with E-state index >= 15 is 0 Å². The second kappa shape index (κ2) is 14.4. The van der Waals surface area contributed by atoms with Crippen molar-refractivity contribution in [2.45, 2.75) is 23.2 Å². The van der Waals surface area contributed by atoms with Crippen LogP contribution >= 0.6 is 23.1 Å². The minimum absolute atomic E-state index is 0.149. The number of thioether (sulfide) groups is 1. The maximum atomic E-state index is 13.0. The second-order valence-electron chi connectivity index (χ2n) is 8.86. The summed E-state index contributed by atoms with van der Waals surface area (Å²) in [6, 6.07) is 7.52. The number of benzene rings is 1. The van der Waals surface area contributed by atoms with Crippen molar-refractivity contribution in [3.8, 4) is 0 Å². The number of anilines is 1. The summed E-state index contributed by atoms with van der Waals surface area (Å²) in [6.07, 6.45) is -1.22. The van der Waals surface area contributed by atoms with Crippen LogP contribution in [-0.4, -0.2) is 89.4 Å². The third-order valence-corrected chi connectivity index (χ3v) is 8.39. The fourth-order valence-electron chi connectivity index (χ4n) is 4.19. The Morgan fingerprint density at radius 1 is 0.949 bits per heavy atom. The van der Waals surface area contributed by atoms with Gasteiger partial charge in [-0.3, -0.25) is 9.69 Å². The Morgan fingerprint density at radius 3 is 2.26 bits per heavy atom. The number of thiophene rings is 1. The van der Waals surface area contributed by atoms with Gasteiger partial charge in [0.1, 0.15) is 0 Å². The number of carbonyl (C=O) groups excluding carboxylic acids is 1. The van der Waals surface area contributed by atoms with Crippen molar-refractivity contribution in [3.05, 3.63) is 59.0 Å². The first kappa shape index (κ1) is 30.5. The molecule has 0 unspecified atom stereocenters. The molecule has 1 aromatic carbocycles. The van der Waals surface area contributed by atoms with Crippen molar-refractivity contribution in [1.82, 2.24) is 9.80 Å². The van der Waals surface area contributed by atoms with Gasteiger partial charge in [0, 0.05) is 62.9 Å². The lowest BCUT2D eigenvalue weighted by molar-refractivity contribution is -0.137. The molecule has 2 aliphatic heterocycles. The number of aliphatic carboxylic acids is 2. The fraction of sp³-hybridized carbons (Fsp3) is 0.423. The Balaban J connectivity index is 0.000000459.